The molecule has 0 amide bonds. The molecule has 0 aliphatic heterocycles. The van der Waals surface area contributed by atoms with Crippen LogP contribution in [0.1, 0.15) is 0 Å². The van der Waals surface area contributed by atoms with Gasteiger partial charge in [0.25, 0.3) is 0 Å². The summed E-state index contributed by atoms with van der Waals surface area (Å²) in [5.41, 5.74) is 3.35. The molecule has 0 saturated carbocycles. The smallest absolute Gasteiger partial charge is 0.203 e. The van der Waals surface area contributed by atoms with Crippen LogP contribution in [0.5, 0.6) is 34.5 Å². The van der Waals surface area contributed by atoms with Gasteiger partial charge in [0.15, 0.2) is 23.0 Å². The van der Waals surface area contributed by atoms with Crippen LogP contribution in [0, 0.1) is 6.07 Å². The topological polar surface area (TPSA) is 55.4 Å². The summed E-state index contributed by atoms with van der Waals surface area (Å²) in [6.07, 6.45) is 0. The predicted molar refractivity (Wildman–Crippen MR) is 115 cm³/mol. The SMILES string of the molecule is COc1ccc(-c2[c]cccc2-c2ccc(OC)c(OC)c2OC)c(OC)c1OC. The van der Waals surface area contributed by atoms with Crippen molar-refractivity contribution in [3.8, 4) is 56.8 Å². The van der Waals surface area contributed by atoms with Crippen LogP contribution in [0.4, 0.5) is 0 Å². The molecule has 3 aromatic rings. The summed E-state index contributed by atoms with van der Waals surface area (Å²) in [6.45, 7) is 0. The first-order valence-corrected chi connectivity index (χ1v) is 9.24. The summed E-state index contributed by atoms with van der Waals surface area (Å²) in [7, 11) is 9.54. The normalized spacial score (nSPS) is 10.3. The lowest BCUT2D eigenvalue weighted by Gasteiger charge is -2.20. The van der Waals surface area contributed by atoms with Crippen molar-refractivity contribution >= 4 is 0 Å². The Hall–Kier alpha value is -3.54. The highest BCUT2D eigenvalue weighted by atomic mass is 16.5. The van der Waals surface area contributed by atoms with Gasteiger partial charge in [0.2, 0.25) is 11.5 Å². The predicted octanol–water partition coefficient (Wildman–Crippen LogP) is 4.87. The number of benzene rings is 3. The quantitative estimate of drug-likeness (QED) is 0.529. The first kappa shape index (κ1) is 21.2. The standard InChI is InChI=1S/C24H25O6/c1-25-19-13-11-17(21(27-3)23(19)29-5)15-9-7-8-10-16(15)18-12-14-20(26-2)24(30-6)22(18)28-4/h7-9,11-14H,1-6H3. The van der Waals surface area contributed by atoms with E-state index in [-0.39, 0.29) is 0 Å². The number of methoxy groups -OCH3 is 6. The van der Waals surface area contributed by atoms with Gasteiger partial charge in [-0.2, -0.15) is 0 Å². The Morgan fingerprint density at radius 2 is 1.00 bits per heavy atom. The third kappa shape index (κ3) is 3.56. The van der Waals surface area contributed by atoms with Crippen LogP contribution >= 0.6 is 0 Å². The number of ether oxygens (including phenoxy) is 6. The van der Waals surface area contributed by atoms with Crippen LogP contribution in [0.2, 0.25) is 0 Å². The molecule has 0 atom stereocenters. The van der Waals surface area contributed by atoms with E-state index in [2.05, 4.69) is 6.07 Å². The van der Waals surface area contributed by atoms with E-state index in [0.717, 1.165) is 22.3 Å². The number of hydrogen-bond donors (Lipinski definition) is 0. The summed E-state index contributed by atoms with van der Waals surface area (Å²) in [5.74, 6) is 3.33. The number of rotatable bonds is 8. The monoisotopic (exact) mass is 409 g/mol. The highest BCUT2D eigenvalue weighted by molar-refractivity contribution is 5.90. The maximum atomic E-state index is 5.70. The van der Waals surface area contributed by atoms with E-state index >= 15 is 0 Å². The molecule has 3 aromatic carbocycles. The molecule has 0 aromatic heterocycles. The van der Waals surface area contributed by atoms with Crippen molar-refractivity contribution < 1.29 is 28.4 Å². The Morgan fingerprint density at radius 3 is 1.50 bits per heavy atom. The van der Waals surface area contributed by atoms with E-state index < -0.39 is 0 Å². The molecule has 0 saturated heterocycles. The summed E-state index contributed by atoms with van der Waals surface area (Å²) < 4.78 is 33.3. The van der Waals surface area contributed by atoms with Gasteiger partial charge in [-0.15, -0.1) is 0 Å². The lowest BCUT2D eigenvalue weighted by atomic mass is 9.92. The lowest BCUT2D eigenvalue weighted by molar-refractivity contribution is 0.325. The van der Waals surface area contributed by atoms with Gasteiger partial charge in [0.1, 0.15) is 0 Å². The Bertz CT molecular complexity index is 946. The third-order valence-corrected chi connectivity index (χ3v) is 4.82. The van der Waals surface area contributed by atoms with Crippen molar-refractivity contribution in [2.45, 2.75) is 0 Å². The zero-order valence-electron chi connectivity index (χ0n) is 18.0. The molecule has 0 fully saturated rings. The van der Waals surface area contributed by atoms with Crippen LogP contribution < -0.4 is 28.4 Å². The maximum Gasteiger partial charge on any atom is 0.203 e. The molecule has 6 heteroatoms. The minimum atomic E-state index is 0.514. The molecule has 30 heavy (non-hydrogen) atoms. The highest BCUT2D eigenvalue weighted by Gasteiger charge is 2.23. The second-order valence-electron chi connectivity index (χ2n) is 6.22. The molecule has 0 N–H and O–H groups in total. The largest absolute Gasteiger partial charge is 0.493 e. The van der Waals surface area contributed by atoms with Crippen molar-refractivity contribution in [1.82, 2.24) is 0 Å². The van der Waals surface area contributed by atoms with Crippen molar-refractivity contribution in [3.05, 3.63) is 48.5 Å². The third-order valence-electron chi connectivity index (χ3n) is 4.82. The van der Waals surface area contributed by atoms with Crippen LogP contribution in [-0.2, 0) is 0 Å². The minimum Gasteiger partial charge on any atom is -0.493 e. The second kappa shape index (κ2) is 9.31. The molecule has 1 radical (unpaired) electrons. The number of hydrogen-bond acceptors (Lipinski definition) is 6. The van der Waals surface area contributed by atoms with Crippen LogP contribution in [0.3, 0.4) is 0 Å². The summed E-state index contributed by atoms with van der Waals surface area (Å²) >= 11 is 0. The molecule has 0 bridgehead atoms. The first-order chi connectivity index (χ1) is 14.6. The molecule has 3 rings (SSSR count). The Kier molecular flexibility index (Phi) is 6.57. The summed E-state index contributed by atoms with van der Waals surface area (Å²) in [5, 5.41) is 0. The van der Waals surface area contributed by atoms with Gasteiger partial charge in [-0.05, 0) is 35.9 Å². The molecular formula is C24H25O6. The van der Waals surface area contributed by atoms with Crippen molar-refractivity contribution in [3.63, 3.8) is 0 Å². The Labute approximate surface area is 176 Å². The van der Waals surface area contributed by atoms with Gasteiger partial charge >= 0.3 is 0 Å². The van der Waals surface area contributed by atoms with Gasteiger partial charge in [-0.25, -0.2) is 0 Å². The maximum absolute atomic E-state index is 5.70. The van der Waals surface area contributed by atoms with Crippen LogP contribution in [-0.4, -0.2) is 42.7 Å². The highest BCUT2D eigenvalue weighted by Crippen LogP contribution is 2.50. The van der Waals surface area contributed by atoms with Crippen LogP contribution in [0.15, 0.2) is 42.5 Å². The first-order valence-electron chi connectivity index (χ1n) is 9.24. The van der Waals surface area contributed by atoms with Gasteiger partial charge in [0, 0.05) is 16.7 Å². The second-order valence-corrected chi connectivity index (χ2v) is 6.22. The van der Waals surface area contributed by atoms with E-state index in [1.54, 1.807) is 42.7 Å². The fraction of sp³-hybridized carbons (Fsp3) is 0.250. The van der Waals surface area contributed by atoms with Crippen molar-refractivity contribution in [2.75, 3.05) is 42.7 Å². The molecule has 6 nitrogen and oxygen atoms in total. The van der Waals surface area contributed by atoms with Gasteiger partial charge in [-0.3, -0.25) is 0 Å². The zero-order chi connectivity index (χ0) is 21.7. The molecule has 0 heterocycles. The van der Waals surface area contributed by atoms with Crippen molar-refractivity contribution in [1.29, 1.82) is 0 Å². The lowest BCUT2D eigenvalue weighted by Crippen LogP contribution is -1.99. The summed E-state index contributed by atoms with van der Waals surface area (Å²) in [4.78, 5) is 0. The zero-order valence-corrected chi connectivity index (χ0v) is 18.0. The Balaban J connectivity index is 2.30. The molecular weight excluding hydrogens is 384 g/mol. The minimum absolute atomic E-state index is 0.514. The molecule has 0 aliphatic rings. The molecule has 0 spiro atoms. The summed E-state index contributed by atoms with van der Waals surface area (Å²) in [6, 6.07) is 16.6. The van der Waals surface area contributed by atoms with E-state index in [4.69, 9.17) is 28.4 Å². The van der Waals surface area contributed by atoms with E-state index in [1.165, 1.54) is 0 Å². The fourth-order valence-corrected chi connectivity index (χ4v) is 3.50. The van der Waals surface area contributed by atoms with E-state index in [9.17, 15) is 0 Å². The van der Waals surface area contributed by atoms with Crippen LogP contribution in [0.25, 0.3) is 22.3 Å². The van der Waals surface area contributed by atoms with E-state index in [1.807, 2.05) is 42.5 Å². The average Bonchev–Trinajstić information content (AvgIpc) is 2.81. The van der Waals surface area contributed by atoms with Gasteiger partial charge in [-0.1, -0.05) is 18.2 Å². The average molecular weight is 409 g/mol. The van der Waals surface area contributed by atoms with E-state index in [0.29, 0.717) is 34.5 Å². The van der Waals surface area contributed by atoms with Crippen molar-refractivity contribution in [2.24, 2.45) is 0 Å². The molecule has 157 valence electrons. The molecule has 0 unspecified atom stereocenters. The van der Waals surface area contributed by atoms with Gasteiger partial charge in [0.05, 0.1) is 42.7 Å². The van der Waals surface area contributed by atoms with Gasteiger partial charge < -0.3 is 28.4 Å². The Morgan fingerprint density at radius 1 is 0.500 bits per heavy atom. The fourth-order valence-electron chi connectivity index (χ4n) is 3.50. The molecule has 0 aliphatic carbocycles.